The molecule has 0 atom stereocenters. The number of unbranched alkanes of at least 4 members (excludes halogenated alkanes) is 2. The molecule has 1 fully saturated rings. The van der Waals surface area contributed by atoms with Crippen molar-refractivity contribution in [3.8, 4) is 0 Å². The molecule has 4 heteroatoms. The molecule has 4 nitrogen and oxygen atoms in total. The maximum Gasteiger partial charge on any atom is 0.310 e. The van der Waals surface area contributed by atoms with Crippen molar-refractivity contribution in [2.75, 3.05) is 6.54 Å². The van der Waals surface area contributed by atoms with Crippen LogP contribution in [0.1, 0.15) is 78.6 Å². The standard InChI is InChI=1S/C17H31NO3/c1-4-5-9-12-18(14(2)3)15(19)13-17(16(20)21)10-7-6-8-11-17/h14H,4-13H2,1-3H3,(H,20,21). The lowest BCUT2D eigenvalue weighted by atomic mass is 9.71. The largest absolute Gasteiger partial charge is 0.481 e. The Labute approximate surface area is 128 Å². The van der Waals surface area contributed by atoms with E-state index in [1.54, 1.807) is 0 Å². The average molecular weight is 297 g/mol. The van der Waals surface area contributed by atoms with Gasteiger partial charge in [-0.2, -0.15) is 0 Å². The first-order valence-corrected chi connectivity index (χ1v) is 8.46. The van der Waals surface area contributed by atoms with Crippen LogP contribution in [0, 0.1) is 5.41 Å². The van der Waals surface area contributed by atoms with E-state index >= 15 is 0 Å². The van der Waals surface area contributed by atoms with Gasteiger partial charge in [-0.25, -0.2) is 0 Å². The third kappa shape index (κ3) is 5.01. The van der Waals surface area contributed by atoms with Gasteiger partial charge in [0.05, 0.1) is 5.41 Å². The molecule has 0 spiro atoms. The zero-order valence-electron chi connectivity index (χ0n) is 13.9. The quantitative estimate of drug-likeness (QED) is 0.692. The number of amides is 1. The second kappa shape index (κ2) is 8.40. The lowest BCUT2D eigenvalue weighted by Gasteiger charge is -2.35. The Morgan fingerprint density at radius 1 is 1.14 bits per heavy atom. The van der Waals surface area contributed by atoms with E-state index in [0.29, 0.717) is 12.8 Å². The number of carboxylic acid groups (broad SMARTS) is 1. The van der Waals surface area contributed by atoms with Crippen molar-refractivity contribution in [1.82, 2.24) is 4.90 Å². The van der Waals surface area contributed by atoms with Gasteiger partial charge in [0.25, 0.3) is 0 Å². The molecule has 0 unspecified atom stereocenters. The van der Waals surface area contributed by atoms with E-state index in [0.717, 1.165) is 45.1 Å². The van der Waals surface area contributed by atoms with Crippen molar-refractivity contribution in [3.63, 3.8) is 0 Å². The number of carbonyl (C=O) groups excluding carboxylic acids is 1. The second-order valence-electron chi connectivity index (χ2n) is 6.71. The van der Waals surface area contributed by atoms with Crippen LogP contribution in [-0.2, 0) is 9.59 Å². The van der Waals surface area contributed by atoms with E-state index in [1.807, 2.05) is 18.7 Å². The Bertz CT molecular complexity index is 346. The maximum atomic E-state index is 12.6. The highest BCUT2D eigenvalue weighted by atomic mass is 16.4. The fourth-order valence-electron chi connectivity index (χ4n) is 3.29. The van der Waals surface area contributed by atoms with Crippen LogP contribution in [0.3, 0.4) is 0 Å². The van der Waals surface area contributed by atoms with Crippen LogP contribution >= 0.6 is 0 Å². The van der Waals surface area contributed by atoms with Crippen LogP contribution in [0.25, 0.3) is 0 Å². The van der Waals surface area contributed by atoms with Gasteiger partial charge in [0, 0.05) is 19.0 Å². The number of rotatable bonds is 8. The Morgan fingerprint density at radius 2 is 1.76 bits per heavy atom. The molecular weight excluding hydrogens is 266 g/mol. The van der Waals surface area contributed by atoms with Gasteiger partial charge in [-0.05, 0) is 33.1 Å². The van der Waals surface area contributed by atoms with Gasteiger partial charge < -0.3 is 10.0 Å². The summed E-state index contributed by atoms with van der Waals surface area (Å²) in [5.41, 5.74) is -0.812. The van der Waals surface area contributed by atoms with Crippen LogP contribution in [0.15, 0.2) is 0 Å². The average Bonchev–Trinajstić information content (AvgIpc) is 2.43. The fraction of sp³-hybridized carbons (Fsp3) is 0.882. The molecule has 1 amide bonds. The van der Waals surface area contributed by atoms with Crippen molar-refractivity contribution in [3.05, 3.63) is 0 Å². The predicted octanol–water partition coefficient (Wildman–Crippen LogP) is 3.84. The summed E-state index contributed by atoms with van der Waals surface area (Å²) in [4.78, 5) is 26.2. The SMILES string of the molecule is CCCCCN(C(=O)CC1(C(=O)O)CCCCC1)C(C)C. The van der Waals surface area contributed by atoms with Gasteiger partial charge in [0.2, 0.25) is 5.91 Å². The number of nitrogens with zero attached hydrogens (tertiary/aromatic N) is 1. The smallest absolute Gasteiger partial charge is 0.310 e. The number of aliphatic carboxylic acids is 1. The van der Waals surface area contributed by atoms with E-state index in [1.165, 1.54) is 0 Å². The van der Waals surface area contributed by atoms with E-state index in [-0.39, 0.29) is 18.4 Å². The molecule has 1 aliphatic rings. The molecule has 1 aliphatic carbocycles. The third-order valence-corrected chi connectivity index (χ3v) is 4.70. The molecule has 0 heterocycles. The molecular formula is C17H31NO3. The van der Waals surface area contributed by atoms with E-state index in [2.05, 4.69) is 6.92 Å². The minimum Gasteiger partial charge on any atom is -0.481 e. The Morgan fingerprint density at radius 3 is 2.24 bits per heavy atom. The van der Waals surface area contributed by atoms with E-state index < -0.39 is 11.4 Å². The minimum atomic E-state index is -0.812. The summed E-state index contributed by atoms with van der Waals surface area (Å²) in [6, 6.07) is 0.142. The van der Waals surface area contributed by atoms with Crippen LogP contribution in [0.4, 0.5) is 0 Å². The highest BCUT2D eigenvalue weighted by Crippen LogP contribution is 2.40. The summed E-state index contributed by atoms with van der Waals surface area (Å²) >= 11 is 0. The second-order valence-corrected chi connectivity index (χ2v) is 6.71. The molecule has 0 radical (unpaired) electrons. The molecule has 21 heavy (non-hydrogen) atoms. The van der Waals surface area contributed by atoms with Gasteiger partial charge in [-0.15, -0.1) is 0 Å². The third-order valence-electron chi connectivity index (χ3n) is 4.70. The summed E-state index contributed by atoms with van der Waals surface area (Å²) < 4.78 is 0. The first kappa shape index (κ1) is 18.0. The summed E-state index contributed by atoms with van der Waals surface area (Å²) in [6.07, 6.45) is 7.65. The molecule has 0 aromatic rings. The number of carboxylic acids is 1. The lowest BCUT2D eigenvalue weighted by molar-refractivity contribution is -0.156. The first-order chi connectivity index (χ1) is 9.93. The molecule has 0 bridgehead atoms. The highest BCUT2D eigenvalue weighted by molar-refractivity contribution is 5.85. The minimum absolute atomic E-state index is 0.0189. The van der Waals surface area contributed by atoms with Crippen molar-refractivity contribution in [2.24, 2.45) is 5.41 Å². The van der Waals surface area contributed by atoms with Crippen molar-refractivity contribution in [2.45, 2.75) is 84.6 Å². The molecule has 1 N–H and O–H groups in total. The Kier molecular flexibility index (Phi) is 7.20. The summed E-state index contributed by atoms with van der Waals surface area (Å²) in [5.74, 6) is -0.766. The normalized spacial score (nSPS) is 17.7. The maximum absolute atomic E-state index is 12.6. The molecule has 0 saturated heterocycles. The molecule has 1 saturated carbocycles. The van der Waals surface area contributed by atoms with Crippen molar-refractivity contribution in [1.29, 1.82) is 0 Å². The van der Waals surface area contributed by atoms with Crippen LogP contribution in [-0.4, -0.2) is 34.5 Å². The molecule has 0 aromatic carbocycles. The van der Waals surface area contributed by atoms with Crippen LogP contribution in [0.5, 0.6) is 0 Å². The summed E-state index contributed by atoms with van der Waals surface area (Å²) in [6.45, 7) is 6.92. The monoisotopic (exact) mass is 297 g/mol. The van der Waals surface area contributed by atoms with E-state index in [9.17, 15) is 14.7 Å². The molecule has 1 rings (SSSR count). The summed E-state index contributed by atoms with van der Waals surface area (Å²) in [7, 11) is 0. The van der Waals surface area contributed by atoms with Crippen molar-refractivity contribution < 1.29 is 14.7 Å². The Hall–Kier alpha value is -1.06. The van der Waals surface area contributed by atoms with Crippen LogP contribution < -0.4 is 0 Å². The van der Waals surface area contributed by atoms with Gasteiger partial charge in [0.1, 0.15) is 0 Å². The van der Waals surface area contributed by atoms with Crippen molar-refractivity contribution >= 4 is 11.9 Å². The summed E-state index contributed by atoms with van der Waals surface area (Å²) in [5, 5.41) is 9.60. The fourth-order valence-corrected chi connectivity index (χ4v) is 3.29. The zero-order valence-corrected chi connectivity index (χ0v) is 13.9. The Balaban J connectivity index is 2.71. The topological polar surface area (TPSA) is 57.6 Å². The van der Waals surface area contributed by atoms with Gasteiger partial charge >= 0.3 is 5.97 Å². The lowest BCUT2D eigenvalue weighted by Crippen LogP contribution is -2.43. The number of hydrogen-bond acceptors (Lipinski definition) is 2. The van der Waals surface area contributed by atoms with Crippen LogP contribution in [0.2, 0.25) is 0 Å². The number of hydrogen-bond donors (Lipinski definition) is 1. The van der Waals surface area contributed by atoms with Gasteiger partial charge in [0.15, 0.2) is 0 Å². The van der Waals surface area contributed by atoms with Gasteiger partial charge in [-0.3, -0.25) is 9.59 Å². The molecule has 0 aliphatic heterocycles. The molecule has 122 valence electrons. The van der Waals surface area contributed by atoms with E-state index in [4.69, 9.17) is 0 Å². The van der Waals surface area contributed by atoms with Gasteiger partial charge in [-0.1, -0.05) is 39.0 Å². The predicted molar refractivity (Wildman–Crippen MR) is 84.1 cm³/mol. The zero-order chi connectivity index (χ0) is 15.9. The number of carbonyl (C=O) groups is 2. The first-order valence-electron chi connectivity index (χ1n) is 8.46. The molecule has 0 aromatic heterocycles. The highest BCUT2D eigenvalue weighted by Gasteiger charge is 2.42.